The van der Waals surface area contributed by atoms with E-state index in [2.05, 4.69) is 21.2 Å². The van der Waals surface area contributed by atoms with Crippen LogP contribution in [0.5, 0.6) is 5.75 Å². The SMILES string of the molecule is CCC(NC(=O)COc1ccc(Br)cc1)c1ccc(S(C)(=O)=O)cc1. The first-order valence-corrected chi connectivity index (χ1v) is 10.5. The molecule has 2 aromatic carbocycles. The van der Waals surface area contributed by atoms with Crippen LogP contribution in [0.2, 0.25) is 0 Å². The van der Waals surface area contributed by atoms with E-state index in [1.54, 1.807) is 36.4 Å². The molecule has 0 heterocycles. The predicted octanol–water partition coefficient (Wildman–Crippen LogP) is 3.50. The molecule has 0 radical (unpaired) electrons. The lowest BCUT2D eigenvalue weighted by Gasteiger charge is -2.18. The number of carbonyl (C=O) groups is 1. The average molecular weight is 426 g/mol. The number of amides is 1. The lowest BCUT2D eigenvalue weighted by atomic mass is 10.0. The van der Waals surface area contributed by atoms with Crippen molar-refractivity contribution in [3.63, 3.8) is 0 Å². The van der Waals surface area contributed by atoms with Gasteiger partial charge in [0.05, 0.1) is 10.9 Å². The molecule has 1 unspecified atom stereocenters. The number of hydrogen-bond donors (Lipinski definition) is 1. The minimum absolute atomic E-state index is 0.0838. The highest BCUT2D eigenvalue weighted by atomic mass is 79.9. The Morgan fingerprint density at radius 2 is 1.72 bits per heavy atom. The van der Waals surface area contributed by atoms with Crippen molar-refractivity contribution in [2.45, 2.75) is 24.3 Å². The number of hydrogen-bond acceptors (Lipinski definition) is 4. The van der Waals surface area contributed by atoms with Crippen molar-refractivity contribution in [2.75, 3.05) is 12.9 Å². The van der Waals surface area contributed by atoms with E-state index in [0.29, 0.717) is 12.2 Å². The molecule has 0 saturated heterocycles. The molecule has 0 aliphatic rings. The summed E-state index contributed by atoms with van der Waals surface area (Å²) in [6.07, 6.45) is 1.85. The summed E-state index contributed by atoms with van der Waals surface area (Å²) >= 11 is 3.34. The molecule has 5 nitrogen and oxygen atoms in total. The minimum atomic E-state index is -3.23. The van der Waals surface area contributed by atoms with Crippen LogP contribution >= 0.6 is 15.9 Å². The number of carbonyl (C=O) groups excluding carboxylic acids is 1. The summed E-state index contributed by atoms with van der Waals surface area (Å²) in [7, 11) is -3.23. The van der Waals surface area contributed by atoms with E-state index in [9.17, 15) is 13.2 Å². The fourth-order valence-corrected chi connectivity index (χ4v) is 3.18. The quantitative estimate of drug-likeness (QED) is 0.736. The average Bonchev–Trinajstić information content (AvgIpc) is 2.58. The van der Waals surface area contributed by atoms with Gasteiger partial charge in [0, 0.05) is 10.7 Å². The van der Waals surface area contributed by atoms with Gasteiger partial charge in [-0.3, -0.25) is 4.79 Å². The van der Waals surface area contributed by atoms with E-state index < -0.39 is 9.84 Å². The molecule has 0 aromatic heterocycles. The summed E-state index contributed by atoms with van der Waals surface area (Å²) < 4.78 is 29.4. The highest BCUT2D eigenvalue weighted by molar-refractivity contribution is 9.10. The van der Waals surface area contributed by atoms with Crippen molar-refractivity contribution in [3.8, 4) is 5.75 Å². The maximum Gasteiger partial charge on any atom is 0.258 e. The second kappa shape index (κ2) is 8.49. The van der Waals surface area contributed by atoms with Crippen LogP contribution < -0.4 is 10.1 Å². The Hall–Kier alpha value is -1.86. The van der Waals surface area contributed by atoms with E-state index in [-0.39, 0.29) is 23.5 Å². The Morgan fingerprint density at radius 3 is 2.24 bits per heavy atom. The zero-order chi connectivity index (χ0) is 18.4. The third kappa shape index (κ3) is 5.86. The molecule has 7 heteroatoms. The van der Waals surface area contributed by atoms with Gasteiger partial charge in [-0.2, -0.15) is 0 Å². The molecule has 2 rings (SSSR count). The molecule has 25 heavy (non-hydrogen) atoms. The molecule has 1 N–H and O–H groups in total. The molecule has 0 spiro atoms. The summed E-state index contributed by atoms with van der Waals surface area (Å²) in [6, 6.07) is 13.6. The van der Waals surface area contributed by atoms with Gasteiger partial charge in [-0.1, -0.05) is 35.0 Å². The molecular weight excluding hydrogens is 406 g/mol. The van der Waals surface area contributed by atoms with Crippen LogP contribution in [0.25, 0.3) is 0 Å². The van der Waals surface area contributed by atoms with E-state index in [0.717, 1.165) is 10.0 Å². The van der Waals surface area contributed by atoms with Crippen LogP contribution in [0.15, 0.2) is 57.9 Å². The molecule has 0 bridgehead atoms. The molecule has 0 aliphatic carbocycles. The van der Waals surface area contributed by atoms with Gasteiger partial charge < -0.3 is 10.1 Å². The Bertz CT molecular complexity index is 817. The van der Waals surface area contributed by atoms with Gasteiger partial charge in [0.15, 0.2) is 16.4 Å². The van der Waals surface area contributed by atoms with Gasteiger partial charge in [-0.25, -0.2) is 8.42 Å². The van der Waals surface area contributed by atoms with Crippen LogP contribution in [-0.2, 0) is 14.6 Å². The predicted molar refractivity (Wildman–Crippen MR) is 100 cm³/mol. The van der Waals surface area contributed by atoms with Crippen molar-refractivity contribution >= 4 is 31.7 Å². The molecule has 0 aliphatic heterocycles. The van der Waals surface area contributed by atoms with E-state index in [4.69, 9.17) is 4.74 Å². The Kier molecular flexibility index (Phi) is 6.61. The second-order valence-electron chi connectivity index (χ2n) is 5.61. The van der Waals surface area contributed by atoms with Crippen molar-refractivity contribution < 1.29 is 17.9 Å². The van der Waals surface area contributed by atoms with Crippen LogP contribution in [0.1, 0.15) is 24.9 Å². The smallest absolute Gasteiger partial charge is 0.258 e. The molecule has 1 amide bonds. The van der Waals surface area contributed by atoms with Crippen LogP contribution in [0, 0.1) is 0 Å². The number of halogens is 1. The second-order valence-corrected chi connectivity index (χ2v) is 8.54. The van der Waals surface area contributed by atoms with Crippen LogP contribution in [0.4, 0.5) is 0 Å². The Labute approximate surface area is 156 Å². The van der Waals surface area contributed by atoms with E-state index in [1.165, 1.54) is 6.26 Å². The summed E-state index contributed by atoms with van der Waals surface area (Å²) in [6.45, 7) is 1.87. The summed E-state index contributed by atoms with van der Waals surface area (Å²) in [4.78, 5) is 12.4. The van der Waals surface area contributed by atoms with Crippen molar-refractivity contribution in [1.29, 1.82) is 0 Å². The summed E-state index contributed by atoms with van der Waals surface area (Å²) in [5, 5.41) is 2.90. The monoisotopic (exact) mass is 425 g/mol. The van der Waals surface area contributed by atoms with E-state index in [1.807, 2.05) is 19.1 Å². The highest BCUT2D eigenvalue weighted by Crippen LogP contribution is 2.19. The standard InChI is InChI=1S/C18H20BrNO4S/c1-3-17(13-4-10-16(11-5-13)25(2,22)23)20-18(21)12-24-15-8-6-14(19)7-9-15/h4-11,17H,3,12H2,1-2H3,(H,20,21). The maximum absolute atomic E-state index is 12.1. The molecule has 134 valence electrons. The van der Waals surface area contributed by atoms with Crippen molar-refractivity contribution in [1.82, 2.24) is 5.32 Å². The van der Waals surface area contributed by atoms with Crippen molar-refractivity contribution in [3.05, 3.63) is 58.6 Å². The molecule has 0 fully saturated rings. The van der Waals surface area contributed by atoms with Crippen molar-refractivity contribution in [2.24, 2.45) is 0 Å². The van der Waals surface area contributed by atoms with Gasteiger partial charge in [0.2, 0.25) is 0 Å². The fraction of sp³-hybridized carbons (Fsp3) is 0.278. The lowest BCUT2D eigenvalue weighted by Crippen LogP contribution is -2.32. The Morgan fingerprint density at radius 1 is 1.12 bits per heavy atom. The van der Waals surface area contributed by atoms with Crippen LogP contribution in [-0.4, -0.2) is 27.2 Å². The number of sulfone groups is 1. The Balaban J connectivity index is 1.96. The number of rotatable bonds is 7. The number of benzene rings is 2. The molecular formula is C18H20BrNO4S. The zero-order valence-electron chi connectivity index (χ0n) is 14.0. The number of ether oxygens (including phenoxy) is 1. The molecule has 2 aromatic rings. The largest absolute Gasteiger partial charge is 0.484 e. The minimum Gasteiger partial charge on any atom is -0.484 e. The maximum atomic E-state index is 12.1. The van der Waals surface area contributed by atoms with E-state index >= 15 is 0 Å². The molecule has 0 saturated carbocycles. The third-order valence-corrected chi connectivity index (χ3v) is 5.29. The first-order chi connectivity index (χ1) is 11.8. The lowest BCUT2D eigenvalue weighted by molar-refractivity contribution is -0.123. The van der Waals surface area contributed by atoms with Gasteiger partial charge in [-0.15, -0.1) is 0 Å². The summed E-state index contributed by atoms with van der Waals surface area (Å²) in [5.74, 6) is 0.380. The number of nitrogens with one attached hydrogen (secondary N) is 1. The first kappa shape index (κ1) is 19.5. The summed E-state index contributed by atoms with van der Waals surface area (Å²) in [5.41, 5.74) is 0.854. The van der Waals surface area contributed by atoms with Gasteiger partial charge in [-0.05, 0) is 48.4 Å². The van der Waals surface area contributed by atoms with Gasteiger partial charge >= 0.3 is 0 Å². The van der Waals surface area contributed by atoms with Gasteiger partial charge in [0.1, 0.15) is 5.75 Å². The normalized spacial score (nSPS) is 12.4. The fourth-order valence-electron chi connectivity index (χ4n) is 2.28. The van der Waals surface area contributed by atoms with Crippen LogP contribution in [0.3, 0.4) is 0 Å². The highest BCUT2D eigenvalue weighted by Gasteiger charge is 2.14. The third-order valence-electron chi connectivity index (χ3n) is 3.64. The van der Waals surface area contributed by atoms with Gasteiger partial charge in [0.25, 0.3) is 5.91 Å². The topological polar surface area (TPSA) is 72.5 Å². The molecule has 1 atom stereocenters. The first-order valence-electron chi connectivity index (χ1n) is 7.77. The zero-order valence-corrected chi connectivity index (χ0v) is 16.4.